The van der Waals surface area contributed by atoms with Crippen molar-refractivity contribution < 1.29 is 9.53 Å². The van der Waals surface area contributed by atoms with E-state index in [1.165, 1.54) is 0 Å². The molecule has 0 spiro atoms. The van der Waals surface area contributed by atoms with Crippen LogP contribution in [0, 0.1) is 0 Å². The quantitative estimate of drug-likeness (QED) is 0.750. The van der Waals surface area contributed by atoms with Crippen molar-refractivity contribution >= 4 is 11.6 Å². The number of anilines is 1. The molecule has 0 aliphatic heterocycles. The molecule has 1 N–H and O–H groups in total. The van der Waals surface area contributed by atoms with Gasteiger partial charge in [-0.05, 0) is 12.1 Å². The van der Waals surface area contributed by atoms with E-state index in [2.05, 4.69) is 11.9 Å². The second-order valence-electron chi connectivity index (χ2n) is 3.83. The molecule has 1 rings (SSSR count). The van der Waals surface area contributed by atoms with Crippen LogP contribution >= 0.6 is 0 Å². The van der Waals surface area contributed by atoms with Gasteiger partial charge < -0.3 is 15.0 Å². The molecule has 1 amide bonds. The highest BCUT2D eigenvalue weighted by molar-refractivity contribution is 5.99. The van der Waals surface area contributed by atoms with E-state index in [0.29, 0.717) is 25.3 Å². The molecule has 0 radical (unpaired) electrons. The molecule has 0 bridgehead atoms. The summed E-state index contributed by atoms with van der Waals surface area (Å²) in [5.41, 5.74) is 1.49. The first-order chi connectivity index (χ1) is 8.74. The summed E-state index contributed by atoms with van der Waals surface area (Å²) in [6, 6.07) is 7.46. The van der Waals surface area contributed by atoms with Crippen LogP contribution in [0.15, 0.2) is 36.9 Å². The maximum atomic E-state index is 12.4. The highest BCUT2D eigenvalue weighted by Gasteiger charge is 2.16. The number of methoxy groups -OCH3 is 1. The Hall–Kier alpha value is -1.81. The maximum absolute atomic E-state index is 12.4. The number of benzene rings is 1. The Kier molecular flexibility index (Phi) is 5.94. The summed E-state index contributed by atoms with van der Waals surface area (Å²) >= 11 is 0. The van der Waals surface area contributed by atoms with E-state index >= 15 is 0 Å². The number of rotatable bonds is 7. The summed E-state index contributed by atoms with van der Waals surface area (Å²) in [6.45, 7) is 5.26. The fourth-order valence-corrected chi connectivity index (χ4v) is 1.69. The predicted octanol–water partition coefficient (Wildman–Crippen LogP) is 2.00. The Morgan fingerprint density at radius 3 is 2.83 bits per heavy atom. The molecule has 0 aromatic heterocycles. The fourth-order valence-electron chi connectivity index (χ4n) is 1.69. The Morgan fingerprint density at radius 2 is 2.22 bits per heavy atom. The van der Waals surface area contributed by atoms with Gasteiger partial charge in [-0.2, -0.15) is 0 Å². The van der Waals surface area contributed by atoms with Crippen molar-refractivity contribution in [3.05, 3.63) is 42.5 Å². The van der Waals surface area contributed by atoms with Crippen molar-refractivity contribution in [2.24, 2.45) is 0 Å². The van der Waals surface area contributed by atoms with Gasteiger partial charge in [0, 0.05) is 32.9 Å². The Bertz CT molecular complexity index is 405. The molecular formula is C14H20N2O2. The van der Waals surface area contributed by atoms with Crippen molar-refractivity contribution in [2.45, 2.75) is 0 Å². The van der Waals surface area contributed by atoms with Crippen LogP contribution in [0.25, 0.3) is 0 Å². The van der Waals surface area contributed by atoms with Gasteiger partial charge in [0.1, 0.15) is 0 Å². The maximum Gasteiger partial charge on any atom is 0.256 e. The summed E-state index contributed by atoms with van der Waals surface area (Å²) in [5, 5.41) is 3.02. The molecule has 1 aromatic rings. The number of carbonyl (C=O) groups is 1. The number of ether oxygens (including phenoxy) is 1. The Labute approximate surface area is 108 Å². The summed E-state index contributed by atoms with van der Waals surface area (Å²) in [6.07, 6.45) is 1.72. The van der Waals surface area contributed by atoms with Crippen LogP contribution in [0.1, 0.15) is 10.4 Å². The molecule has 0 saturated heterocycles. The van der Waals surface area contributed by atoms with E-state index in [1.807, 2.05) is 24.3 Å². The number of nitrogens with one attached hydrogen (secondary N) is 1. The minimum absolute atomic E-state index is 0.0168. The lowest BCUT2D eigenvalue weighted by Crippen LogP contribution is -2.34. The molecule has 0 fully saturated rings. The van der Waals surface area contributed by atoms with E-state index in [9.17, 15) is 4.79 Å². The average molecular weight is 248 g/mol. The minimum Gasteiger partial charge on any atom is -0.387 e. The SMILES string of the molecule is C=CCN(CCOC)C(=O)c1ccccc1NC. The third-order valence-corrected chi connectivity index (χ3v) is 2.63. The molecule has 0 atom stereocenters. The van der Waals surface area contributed by atoms with Gasteiger partial charge in [-0.1, -0.05) is 18.2 Å². The molecule has 0 saturated carbocycles. The second-order valence-corrected chi connectivity index (χ2v) is 3.83. The molecule has 18 heavy (non-hydrogen) atoms. The summed E-state index contributed by atoms with van der Waals surface area (Å²) in [7, 11) is 3.43. The lowest BCUT2D eigenvalue weighted by atomic mass is 10.1. The molecule has 4 nitrogen and oxygen atoms in total. The third-order valence-electron chi connectivity index (χ3n) is 2.63. The van der Waals surface area contributed by atoms with Crippen LogP contribution < -0.4 is 5.32 Å². The third kappa shape index (κ3) is 3.60. The van der Waals surface area contributed by atoms with Gasteiger partial charge in [-0.25, -0.2) is 0 Å². The fraction of sp³-hybridized carbons (Fsp3) is 0.357. The monoisotopic (exact) mass is 248 g/mol. The molecule has 0 heterocycles. The van der Waals surface area contributed by atoms with Crippen molar-refractivity contribution in [3.8, 4) is 0 Å². The van der Waals surface area contributed by atoms with Crippen LogP contribution in [-0.2, 0) is 4.74 Å². The van der Waals surface area contributed by atoms with Gasteiger partial charge in [0.2, 0.25) is 0 Å². The van der Waals surface area contributed by atoms with E-state index in [4.69, 9.17) is 4.74 Å². The van der Waals surface area contributed by atoms with Crippen LogP contribution in [0.5, 0.6) is 0 Å². The van der Waals surface area contributed by atoms with Crippen molar-refractivity contribution in [1.82, 2.24) is 4.90 Å². The standard InChI is InChI=1S/C14H20N2O2/c1-4-9-16(10-11-18-3)14(17)12-7-5-6-8-13(12)15-2/h4-8,15H,1,9-11H2,2-3H3. The van der Waals surface area contributed by atoms with Crippen LogP contribution in [0.4, 0.5) is 5.69 Å². The topological polar surface area (TPSA) is 41.6 Å². The lowest BCUT2D eigenvalue weighted by Gasteiger charge is -2.22. The molecule has 98 valence electrons. The van der Waals surface area contributed by atoms with Gasteiger partial charge >= 0.3 is 0 Å². The number of amides is 1. The molecule has 0 aliphatic rings. The zero-order valence-corrected chi connectivity index (χ0v) is 11.0. The summed E-state index contributed by atoms with van der Waals surface area (Å²) < 4.78 is 5.02. The van der Waals surface area contributed by atoms with E-state index in [-0.39, 0.29) is 5.91 Å². The van der Waals surface area contributed by atoms with Crippen molar-refractivity contribution in [3.63, 3.8) is 0 Å². The number of hydrogen-bond donors (Lipinski definition) is 1. The zero-order valence-electron chi connectivity index (χ0n) is 11.0. The average Bonchev–Trinajstić information content (AvgIpc) is 2.42. The number of carbonyl (C=O) groups excluding carboxylic acids is 1. The van der Waals surface area contributed by atoms with Crippen molar-refractivity contribution in [2.75, 3.05) is 39.2 Å². The van der Waals surface area contributed by atoms with E-state index in [1.54, 1.807) is 25.1 Å². The normalized spacial score (nSPS) is 9.89. The lowest BCUT2D eigenvalue weighted by molar-refractivity contribution is 0.0719. The Morgan fingerprint density at radius 1 is 1.50 bits per heavy atom. The van der Waals surface area contributed by atoms with Gasteiger partial charge in [0.15, 0.2) is 0 Å². The zero-order chi connectivity index (χ0) is 13.4. The van der Waals surface area contributed by atoms with Gasteiger partial charge in [0.05, 0.1) is 12.2 Å². The number of hydrogen-bond acceptors (Lipinski definition) is 3. The van der Waals surface area contributed by atoms with Gasteiger partial charge in [0.25, 0.3) is 5.91 Å². The van der Waals surface area contributed by atoms with Crippen molar-refractivity contribution in [1.29, 1.82) is 0 Å². The minimum atomic E-state index is -0.0168. The largest absolute Gasteiger partial charge is 0.387 e. The smallest absolute Gasteiger partial charge is 0.256 e. The highest BCUT2D eigenvalue weighted by Crippen LogP contribution is 2.16. The van der Waals surface area contributed by atoms with Crippen LogP contribution in [0.3, 0.4) is 0 Å². The first kappa shape index (κ1) is 14.3. The van der Waals surface area contributed by atoms with Gasteiger partial charge in [-0.3, -0.25) is 4.79 Å². The second kappa shape index (κ2) is 7.50. The predicted molar refractivity (Wildman–Crippen MR) is 74.0 cm³/mol. The molecule has 4 heteroatoms. The van der Waals surface area contributed by atoms with Crippen LogP contribution in [0.2, 0.25) is 0 Å². The molecule has 1 aromatic carbocycles. The van der Waals surface area contributed by atoms with Crippen LogP contribution in [-0.4, -0.2) is 44.7 Å². The number of nitrogens with zero attached hydrogens (tertiary/aromatic N) is 1. The first-order valence-electron chi connectivity index (χ1n) is 5.90. The number of para-hydroxylation sites is 1. The highest BCUT2D eigenvalue weighted by atomic mass is 16.5. The van der Waals surface area contributed by atoms with E-state index in [0.717, 1.165) is 5.69 Å². The summed E-state index contributed by atoms with van der Waals surface area (Å²) in [5.74, 6) is -0.0168. The summed E-state index contributed by atoms with van der Waals surface area (Å²) in [4.78, 5) is 14.1. The van der Waals surface area contributed by atoms with Gasteiger partial charge in [-0.15, -0.1) is 6.58 Å². The van der Waals surface area contributed by atoms with E-state index < -0.39 is 0 Å². The molecule has 0 unspecified atom stereocenters. The molecular weight excluding hydrogens is 228 g/mol. The Balaban J connectivity index is 2.90. The first-order valence-corrected chi connectivity index (χ1v) is 5.90. The molecule has 0 aliphatic carbocycles.